The van der Waals surface area contributed by atoms with E-state index in [9.17, 15) is 0 Å². The first-order valence-corrected chi connectivity index (χ1v) is 6.07. The van der Waals surface area contributed by atoms with E-state index in [4.69, 9.17) is 14.2 Å². The van der Waals surface area contributed by atoms with Gasteiger partial charge in [0.2, 0.25) is 0 Å². The predicted molar refractivity (Wildman–Crippen MR) is 59.0 cm³/mol. The summed E-state index contributed by atoms with van der Waals surface area (Å²) in [5.41, 5.74) is 0. The van der Waals surface area contributed by atoms with E-state index in [1.165, 1.54) is 0 Å². The third kappa shape index (κ3) is 5.29. The van der Waals surface area contributed by atoms with Gasteiger partial charge < -0.3 is 14.2 Å². The van der Waals surface area contributed by atoms with Crippen LogP contribution in [-0.4, -0.2) is 44.5 Å². The Hall–Kier alpha value is 0.360. The number of hydrogen-bond donors (Lipinski definition) is 0. The number of methoxy groups -OCH3 is 1. The van der Waals surface area contributed by atoms with Crippen LogP contribution in [0.15, 0.2) is 0 Å². The lowest BCUT2D eigenvalue weighted by atomic mass is 9.96. The Balaban J connectivity index is 1.72. The van der Waals surface area contributed by atoms with E-state index in [0.29, 0.717) is 24.1 Å². The van der Waals surface area contributed by atoms with Crippen molar-refractivity contribution in [3.8, 4) is 0 Å². The van der Waals surface area contributed by atoms with Gasteiger partial charge in [-0.3, -0.25) is 0 Å². The van der Waals surface area contributed by atoms with Gasteiger partial charge in [-0.2, -0.15) is 0 Å². The molecule has 0 atom stereocenters. The van der Waals surface area contributed by atoms with Gasteiger partial charge in [0.25, 0.3) is 0 Å². The molecule has 4 heteroatoms. The molecule has 1 fully saturated rings. The van der Waals surface area contributed by atoms with Crippen LogP contribution in [0.3, 0.4) is 0 Å². The Morgan fingerprint density at radius 1 is 1.14 bits per heavy atom. The molecule has 0 aromatic rings. The van der Waals surface area contributed by atoms with Crippen LogP contribution >= 0.6 is 15.9 Å². The molecular formula is C10H19BrO3. The van der Waals surface area contributed by atoms with Crippen molar-refractivity contribution in [3.63, 3.8) is 0 Å². The molecule has 1 aliphatic carbocycles. The van der Waals surface area contributed by atoms with Crippen LogP contribution in [0.1, 0.15) is 19.3 Å². The van der Waals surface area contributed by atoms with Crippen LogP contribution in [0.2, 0.25) is 0 Å². The van der Waals surface area contributed by atoms with Crippen LogP contribution in [0.4, 0.5) is 0 Å². The normalized spacial score (nSPS) is 26.1. The molecule has 0 aromatic heterocycles. The molecule has 0 amide bonds. The molecule has 0 saturated heterocycles. The maximum atomic E-state index is 5.61. The molecule has 1 saturated carbocycles. The average molecular weight is 267 g/mol. The van der Waals surface area contributed by atoms with Gasteiger partial charge in [0.15, 0.2) is 0 Å². The molecule has 0 aliphatic heterocycles. The Bertz CT molecular complexity index is 137. The third-order valence-corrected chi connectivity index (χ3v) is 3.00. The summed E-state index contributed by atoms with van der Waals surface area (Å²) >= 11 is 3.53. The second-order valence-corrected chi connectivity index (χ2v) is 4.82. The molecule has 1 rings (SSSR count). The van der Waals surface area contributed by atoms with E-state index in [0.717, 1.165) is 32.5 Å². The molecule has 3 nitrogen and oxygen atoms in total. The lowest BCUT2D eigenvalue weighted by Crippen LogP contribution is -2.31. The van der Waals surface area contributed by atoms with Gasteiger partial charge in [-0.1, -0.05) is 15.9 Å². The first-order valence-electron chi connectivity index (χ1n) is 5.15. The van der Waals surface area contributed by atoms with Crippen LogP contribution in [0.5, 0.6) is 0 Å². The summed E-state index contributed by atoms with van der Waals surface area (Å²) in [6, 6.07) is 0. The predicted octanol–water partition coefficient (Wildman–Crippen LogP) is 1.98. The van der Waals surface area contributed by atoms with Gasteiger partial charge in [0.05, 0.1) is 19.3 Å². The summed E-state index contributed by atoms with van der Waals surface area (Å²) in [4.78, 5) is 0.686. The summed E-state index contributed by atoms with van der Waals surface area (Å²) in [6.45, 7) is 2.95. The maximum Gasteiger partial charge on any atom is 0.0700 e. The van der Waals surface area contributed by atoms with Gasteiger partial charge in [-0.15, -0.1) is 0 Å². The fourth-order valence-electron chi connectivity index (χ4n) is 1.29. The zero-order valence-electron chi connectivity index (χ0n) is 8.71. The molecule has 14 heavy (non-hydrogen) atoms. The maximum absolute atomic E-state index is 5.61. The molecule has 0 aromatic carbocycles. The highest BCUT2D eigenvalue weighted by Gasteiger charge is 2.26. The monoisotopic (exact) mass is 266 g/mol. The summed E-state index contributed by atoms with van der Waals surface area (Å²) in [6.07, 6.45) is 3.78. The van der Waals surface area contributed by atoms with Crippen molar-refractivity contribution in [1.29, 1.82) is 0 Å². The zero-order valence-corrected chi connectivity index (χ0v) is 10.3. The molecule has 0 spiro atoms. The van der Waals surface area contributed by atoms with Crippen molar-refractivity contribution in [2.24, 2.45) is 0 Å². The Labute approximate surface area is 94.2 Å². The Kier molecular flexibility index (Phi) is 6.77. The van der Waals surface area contributed by atoms with E-state index in [1.807, 2.05) is 0 Å². The Morgan fingerprint density at radius 3 is 2.57 bits per heavy atom. The minimum absolute atomic E-state index is 0.485. The molecule has 1 aliphatic rings. The second-order valence-electron chi connectivity index (χ2n) is 3.52. The highest BCUT2D eigenvalue weighted by atomic mass is 79.9. The molecule has 0 radical (unpaired) electrons. The van der Waals surface area contributed by atoms with E-state index in [2.05, 4.69) is 15.9 Å². The van der Waals surface area contributed by atoms with Crippen LogP contribution in [-0.2, 0) is 14.2 Å². The second kappa shape index (κ2) is 7.63. The highest BCUT2D eigenvalue weighted by molar-refractivity contribution is 9.09. The lowest BCUT2D eigenvalue weighted by Gasteiger charge is -2.31. The largest absolute Gasteiger partial charge is 0.382 e. The first-order chi connectivity index (χ1) is 6.83. The van der Waals surface area contributed by atoms with E-state index >= 15 is 0 Å². The quantitative estimate of drug-likeness (QED) is 0.497. The number of rotatable bonds is 8. The van der Waals surface area contributed by atoms with E-state index < -0.39 is 0 Å². The Morgan fingerprint density at radius 2 is 1.93 bits per heavy atom. The summed E-state index contributed by atoms with van der Waals surface area (Å²) in [7, 11) is 1.68. The molecule has 0 unspecified atom stereocenters. The highest BCUT2D eigenvalue weighted by Crippen LogP contribution is 2.29. The smallest absolute Gasteiger partial charge is 0.0700 e. The first kappa shape index (κ1) is 12.4. The lowest BCUT2D eigenvalue weighted by molar-refractivity contribution is -0.00750. The van der Waals surface area contributed by atoms with E-state index in [1.54, 1.807) is 7.11 Å². The third-order valence-electron chi connectivity index (χ3n) is 2.26. The van der Waals surface area contributed by atoms with Crippen LogP contribution < -0.4 is 0 Å². The summed E-state index contributed by atoms with van der Waals surface area (Å²) in [5.74, 6) is 0. The van der Waals surface area contributed by atoms with Crippen LogP contribution in [0.25, 0.3) is 0 Å². The molecular weight excluding hydrogens is 248 g/mol. The van der Waals surface area contributed by atoms with Gasteiger partial charge in [-0.25, -0.2) is 0 Å². The molecule has 84 valence electrons. The standard InChI is InChI=1S/C10H19BrO3/c1-12-5-6-13-3-2-4-14-10-7-9(11)8-10/h9-10H,2-8H2,1H3. The summed E-state index contributed by atoms with van der Waals surface area (Å²) in [5, 5.41) is 0. The number of hydrogen-bond acceptors (Lipinski definition) is 3. The number of ether oxygens (including phenoxy) is 3. The van der Waals surface area contributed by atoms with Crippen LogP contribution in [0, 0.1) is 0 Å². The van der Waals surface area contributed by atoms with Gasteiger partial charge in [-0.05, 0) is 19.3 Å². The van der Waals surface area contributed by atoms with Crippen molar-refractivity contribution >= 4 is 15.9 Å². The van der Waals surface area contributed by atoms with Crippen molar-refractivity contribution in [2.75, 3.05) is 33.5 Å². The minimum atomic E-state index is 0.485. The summed E-state index contributed by atoms with van der Waals surface area (Å²) < 4.78 is 15.8. The topological polar surface area (TPSA) is 27.7 Å². The van der Waals surface area contributed by atoms with Crippen molar-refractivity contribution in [2.45, 2.75) is 30.2 Å². The van der Waals surface area contributed by atoms with Gasteiger partial charge in [0, 0.05) is 25.2 Å². The van der Waals surface area contributed by atoms with E-state index in [-0.39, 0.29) is 0 Å². The number of halogens is 1. The fraction of sp³-hybridized carbons (Fsp3) is 1.00. The zero-order chi connectivity index (χ0) is 10.2. The van der Waals surface area contributed by atoms with Crippen molar-refractivity contribution < 1.29 is 14.2 Å². The van der Waals surface area contributed by atoms with Crippen molar-refractivity contribution in [1.82, 2.24) is 0 Å². The van der Waals surface area contributed by atoms with Gasteiger partial charge in [0.1, 0.15) is 0 Å². The van der Waals surface area contributed by atoms with Crippen molar-refractivity contribution in [3.05, 3.63) is 0 Å². The molecule has 0 bridgehead atoms. The fourth-order valence-corrected chi connectivity index (χ4v) is 2.13. The SMILES string of the molecule is COCCOCCCOC1CC(Br)C1. The molecule has 0 N–H and O–H groups in total. The number of alkyl halides is 1. The average Bonchev–Trinajstić information content (AvgIpc) is 2.13. The van der Waals surface area contributed by atoms with Gasteiger partial charge >= 0.3 is 0 Å². The minimum Gasteiger partial charge on any atom is -0.382 e. The molecule has 0 heterocycles.